The molecule has 4 nitrogen and oxygen atoms in total. The summed E-state index contributed by atoms with van der Waals surface area (Å²) in [7, 11) is 0. The molecule has 4 aliphatic rings. The van der Waals surface area contributed by atoms with Gasteiger partial charge in [0, 0.05) is 65.0 Å². The normalized spacial score (nSPS) is 18.8. The van der Waals surface area contributed by atoms with Crippen LogP contribution in [0.3, 0.4) is 0 Å². The Kier molecular flexibility index (Phi) is 9.65. The lowest BCUT2D eigenvalue weighted by Crippen LogP contribution is -2.61. The maximum absolute atomic E-state index is 6.94. The van der Waals surface area contributed by atoms with E-state index < -0.39 is 0 Å². The summed E-state index contributed by atoms with van der Waals surface area (Å²) in [4.78, 5) is 8.17. The van der Waals surface area contributed by atoms with Crippen molar-refractivity contribution >= 4 is 122 Å². The highest BCUT2D eigenvalue weighted by Crippen LogP contribution is 2.62. The van der Waals surface area contributed by atoms with Crippen LogP contribution in [-0.4, -0.2) is 12.3 Å². The third kappa shape index (κ3) is 6.31. The Balaban J connectivity index is 1.14. The molecular formula is C70H62BN3OS. The number of nitrogens with zero attached hydrogens (tertiary/aromatic N) is 3. The topological polar surface area (TPSA) is 22.9 Å². The second-order valence-corrected chi connectivity index (χ2v) is 25.8. The van der Waals surface area contributed by atoms with Gasteiger partial charge in [0.25, 0.3) is 6.71 Å². The molecule has 76 heavy (non-hydrogen) atoms. The van der Waals surface area contributed by atoms with Crippen LogP contribution in [0.25, 0.3) is 53.2 Å². The molecule has 3 aliphatic heterocycles. The first-order valence-corrected chi connectivity index (χ1v) is 28.4. The first-order valence-electron chi connectivity index (χ1n) is 27.6. The molecule has 0 saturated heterocycles. The van der Waals surface area contributed by atoms with Crippen molar-refractivity contribution < 1.29 is 4.42 Å². The Labute approximate surface area is 451 Å². The van der Waals surface area contributed by atoms with Crippen molar-refractivity contribution in [1.29, 1.82) is 0 Å². The zero-order valence-electron chi connectivity index (χ0n) is 44.9. The number of fused-ring (bicyclic) bond motifs is 14. The number of hydrogen-bond donors (Lipinski definition) is 0. The zero-order valence-corrected chi connectivity index (χ0v) is 45.7. The largest absolute Gasteiger partial charge is 0.456 e. The average Bonchev–Trinajstić information content (AvgIpc) is 4.23. The summed E-state index contributed by atoms with van der Waals surface area (Å²) in [6.07, 6.45) is 4.70. The quantitative estimate of drug-likeness (QED) is 0.164. The lowest BCUT2D eigenvalue weighted by atomic mass is 9.33. The minimum Gasteiger partial charge on any atom is -0.456 e. The summed E-state index contributed by atoms with van der Waals surface area (Å²) in [6.45, 7) is 19.1. The fourth-order valence-electron chi connectivity index (χ4n) is 14.5. The SMILES string of the molecule is CC(C)(C)c1ccc2c(c1)B1c3ccc4oc5ccccc5c4c3N(c3ccc(C(C)(C)C)cc3-c3ccccc3)c3cc(N4c5ccccc5C5(C)CCCCC45C)cc(c31)N2c1cccc2sc3ccccc3c12. The van der Waals surface area contributed by atoms with Crippen LogP contribution < -0.4 is 31.1 Å². The zero-order chi connectivity index (χ0) is 51.6. The number of hydrogen-bond acceptors (Lipinski definition) is 5. The maximum atomic E-state index is 6.94. The van der Waals surface area contributed by atoms with Gasteiger partial charge < -0.3 is 19.1 Å². The van der Waals surface area contributed by atoms with Gasteiger partial charge in [0.05, 0.1) is 28.0 Å². The summed E-state index contributed by atoms with van der Waals surface area (Å²) in [5, 5.41) is 4.87. The van der Waals surface area contributed by atoms with Crippen molar-refractivity contribution in [3.63, 3.8) is 0 Å². The van der Waals surface area contributed by atoms with Crippen LogP contribution in [0.4, 0.5) is 45.5 Å². The lowest BCUT2D eigenvalue weighted by Gasteiger charge is -2.51. The molecule has 2 unspecified atom stereocenters. The van der Waals surface area contributed by atoms with Crippen molar-refractivity contribution in [2.24, 2.45) is 0 Å². The third-order valence-electron chi connectivity index (χ3n) is 18.5. The van der Waals surface area contributed by atoms with Gasteiger partial charge in [0.2, 0.25) is 0 Å². The standard InChI is InChI=1S/C70H62BN3OS/c1-67(2,3)44-31-34-53(49(39-44)43-21-10-9-11-22-43)73-58-42-46(74-54-26-15-14-25-50(54)69(7)37-18-19-38-70(69,74)8)41-57-65(58)71(51-33-36-60-64(66(51)73)47-23-12-16-28-59(47)75-60)52-40-45(68(4,5)6)32-35-55(52)72(57)56-27-20-30-62-63(56)48-24-13-17-29-61(48)76-62/h9-17,20-36,39-42H,18-19,37-38H2,1-8H3. The van der Waals surface area contributed by atoms with E-state index in [9.17, 15) is 0 Å². The first kappa shape index (κ1) is 45.8. The van der Waals surface area contributed by atoms with Crippen molar-refractivity contribution in [2.75, 3.05) is 14.7 Å². The van der Waals surface area contributed by atoms with Gasteiger partial charge >= 0.3 is 0 Å². The monoisotopic (exact) mass is 1000 g/mol. The van der Waals surface area contributed by atoms with Crippen molar-refractivity contribution in [3.8, 4) is 11.1 Å². The molecule has 2 atom stereocenters. The summed E-state index contributed by atoms with van der Waals surface area (Å²) >= 11 is 1.90. The first-order chi connectivity index (χ1) is 36.7. The van der Waals surface area contributed by atoms with Crippen LogP contribution in [-0.2, 0) is 16.2 Å². The van der Waals surface area contributed by atoms with Gasteiger partial charge in [-0.25, -0.2) is 0 Å². The van der Waals surface area contributed by atoms with Crippen molar-refractivity contribution in [2.45, 2.75) is 103 Å². The van der Waals surface area contributed by atoms with Crippen LogP contribution >= 0.6 is 11.3 Å². The van der Waals surface area contributed by atoms with E-state index in [4.69, 9.17) is 4.42 Å². The highest BCUT2D eigenvalue weighted by molar-refractivity contribution is 7.26. The number of rotatable bonds is 4. The van der Waals surface area contributed by atoms with Crippen LogP contribution in [0.1, 0.15) is 97.8 Å². The van der Waals surface area contributed by atoms with E-state index in [1.165, 1.54) is 117 Å². The van der Waals surface area contributed by atoms with Crippen molar-refractivity contribution in [3.05, 3.63) is 199 Å². The number of benzene rings is 9. The molecule has 1 fully saturated rings. The Morgan fingerprint density at radius 3 is 1.96 bits per heavy atom. The molecule has 5 heterocycles. The molecule has 6 heteroatoms. The van der Waals surface area contributed by atoms with Crippen LogP contribution in [0.2, 0.25) is 0 Å². The van der Waals surface area contributed by atoms with Gasteiger partial charge in [-0.1, -0.05) is 177 Å². The molecule has 11 aromatic rings. The second kappa shape index (κ2) is 16.0. The highest BCUT2D eigenvalue weighted by Gasteiger charge is 2.58. The van der Waals surface area contributed by atoms with E-state index in [-0.39, 0.29) is 28.5 Å². The Hall–Kier alpha value is -7.54. The summed E-state index contributed by atoms with van der Waals surface area (Å²) < 4.78 is 9.54. The fourth-order valence-corrected chi connectivity index (χ4v) is 15.6. The predicted octanol–water partition coefficient (Wildman–Crippen LogP) is 18.0. The highest BCUT2D eigenvalue weighted by atomic mass is 32.1. The van der Waals surface area contributed by atoms with Crippen LogP contribution in [0.5, 0.6) is 0 Å². The summed E-state index contributed by atoms with van der Waals surface area (Å²) in [6, 6.07) is 69.8. The van der Waals surface area contributed by atoms with Gasteiger partial charge in [-0.2, -0.15) is 0 Å². The Morgan fingerprint density at radius 2 is 1.16 bits per heavy atom. The van der Waals surface area contributed by atoms with Gasteiger partial charge in [0.15, 0.2) is 0 Å². The Morgan fingerprint density at radius 1 is 0.500 bits per heavy atom. The van der Waals surface area contributed by atoms with Crippen LogP contribution in [0, 0.1) is 0 Å². The molecule has 0 amide bonds. The minimum atomic E-state index is -0.174. The van der Waals surface area contributed by atoms with E-state index in [0.29, 0.717) is 0 Å². The molecule has 0 spiro atoms. The Bertz CT molecular complexity index is 4230. The van der Waals surface area contributed by atoms with Crippen LogP contribution in [0.15, 0.2) is 186 Å². The third-order valence-corrected chi connectivity index (χ3v) is 19.6. The molecular weight excluding hydrogens is 942 g/mol. The minimum absolute atomic E-state index is 0.0359. The fraction of sp³-hybridized carbons (Fsp3) is 0.229. The molecule has 15 rings (SSSR count). The number of para-hydroxylation sites is 2. The van der Waals surface area contributed by atoms with E-state index in [1.807, 2.05) is 11.3 Å². The van der Waals surface area contributed by atoms with E-state index in [1.54, 1.807) is 0 Å². The summed E-state index contributed by atoms with van der Waals surface area (Å²) in [5.74, 6) is 0. The van der Waals surface area contributed by atoms with E-state index >= 15 is 0 Å². The lowest BCUT2D eigenvalue weighted by molar-refractivity contribution is 0.195. The van der Waals surface area contributed by atoms with E-state index in [0.717, 1.165) is 40.5 Å². The number of furan rings is 1. The van der Waals surface area contributed by atoms with Gasteiger partial charge in [-0.3, -0.25) is 0 Å². The second-order valence-electron chi connectivity index (χ2n) is 24.8. The number of thiophene rings is 1. The molecule has 0 N–H and O–H groups in total. The van der Waals surface area contributed by atoms with Gasteiger partial charge in [0.1, 0.15) is 11.2 Å². The molecule has 2 aromatic heterocycles. The van der Waals surface area contributed by atoms with Crippen molar-refractivity contribution in [1.82, 2.24) is 0 Å². The molecule has 0 bridgehead atoms. The maximum Gasteiger partial charge on any atom is 0.252 e. The summed E-state index contributed by atoms with van der Waals surface area (Å²) in [5.41, 5.74) is 21.6. The smallest absolute Gasteiger partial charge is 0.252 e. The molecule has 1 aliphatic carbocycles. The van der Waals surface area contributed by atoms with Gasteiger partial charge in [-0.15, -0.1) is 11.3 Å². The number of anilines is 8. The average molecular weight is 1000 g/mol. The molecule has 372 valence electrons. The molecule has 1 saturated carbocycles. The molecule has 9 aromatic carbocycles. The predicted molar refractivity (Wildman–Crippen MR) is 326 cm³/mol. The van der Waals surface area contributed by atoms with E-state index in [2.05, 4.69) is 252 Å². The molecule has 0 radical (unpaired) electrons. The van der Waals surface area contributed by atoms with Gasteiger partial charge in [-0.05, 0) is 136 Å².